The zero-order valence-electron chi connectivity index (χ0n) is 11.0. The minimum absolute atomic E-state index is 0.171. The molecule has 21 heavy (non-hydrogen) atoms. The van der Waals surface area contributed by atoms with Crippen LogP contribution in [0, 0.1) is 0 Å². The van der Waals surface area contributed by atoms with Gasteiger partial charge < -0.3 is 20.5 Å². The van der Waals surface area contributed by atoms with Crippen molar-refractivity contribution in [2.45, 2.75) is 6.92 Å². The van der Waals surface area contributed by atoms with Crippen LogP contribution in [0.4, 0.5) is 5.69 Å². The van der Waals surface area contributed by atoms with Crippen LogP contribution in [0.2, 0.25) is 0 Å². The molecule has 1 aromatic carbocycles. The first kappa shape index (κ1) is 14.3. The number of amides is 1. The van der Waals surface area contributed by atoms with Crippen LogP contribution in [-0.2, 0) is 0 Å². The second kappa shape index (κ2) is 5.49. The highest BCUT2D eigenvalue weighted by molar-refractivity contribution is 6.05. The number of anilines is 1. The summed E-state index contributed by atoms with van der Waals surface area (Å²) in [7, 11) is 0. The zero-order valence-corrected chi connectivity index (χ0v) is 11.0. The van der Waals surface area contributed by atoms with E-state index in [0.29, 0.717) is 5.56 Å². The van der Waals surface area contributed by atoms with E-state index >= 15 is 0 Å². The summed E-state index contributed by atoms with van der Waals surface area (Å²) in [5.74, 6) is -2.39. The van der Waals surface area contributed by atoms with Crippen LogP contribution in [0.15, 0.2) is 30.5 Å². The Kier molecular flexibility index (Phi) is 3.75. The van der Waals surface area contributed by atoms with Crippen molar-refractivity contribution >= 4 is 23.3 Å². The molecule has 4 N–H and O–H groups in total. The number of hydrogen-bond donors (Lipinski definition) is 4. The third-order valence-corrected chi connectivity index (χ3v) is 2.82. The molecule has 0 spiro atoms. The number of carbonyl (C=O) groups is 3. The molecule has 1 aromatic heterocycles. The number of phenols is 1. The molecular formula is C14H12N2O5. The van der Waals surface area contributed by atoms with Gasteiger partial charge in [0.1, 0.15) is 17.0 Å². The average Bonchev–Trinajstić information content (AvgIpc) is 2.90. The van der Waals surface area contributed by atoms with Gasteiger partial charge in [0.05, 0.1) is 0 Å². The fourth-order valence-corrected chi connectivity index (χ4v) is 1.71. The molecule has 7 heteroatoms. The minimum atomic E-state index is -1.30. The summed E-state index contributed by atoms with van der Waals surface area (Å²) in [4.78, 5) is 36.7. The first-order valence-electron chi connectivity index (χ1n) is 5.95. The molecule has 0 saturated carbocycles. The lowest BCUT2D eigenvalue weighted by Gasteiger charge is -2.06. The molecule has 0 fully saturated rings. The van der Waals surface area contributed by atoms with Crippen LogP contribution in [0.3, 0.4) is 0 Å². The van der Waals surface area contributed by atoms with Crippen LogP contribution in [0.5, 0.6) is 5.75 Å². The molecule has 2 rings (SSSR count). The van der Waals surface area contributed by atoms with Gasteiger partial charge >= 0.3 is 5.97 Å². The standard InChI is InChI=1S/C14H12N2O5/c1-7(17)8-4-11(15-6-8)13(19)16-9-2-3-12(18)10(5-9)14(20)21/h2-6,15,18H,1H3,(H,16,19)(H,20,21). The molecule has 1 amide bonds. The third-order valence-electron chi connectivity index (χ3n) is 2.82. The fraction of sp³-hybridized carbons (Fsp3) is 0.0714. The number of Topliss-reactive ketones (excluding diaryl/α,β-unsaturated/α-hetero) is 1. The number of ketones is 1. The predicted molar refractivity (Wildman–Crippen MR) is 73.8 cm³/mol. The number of carbonyl (C=O) groups excluding carboxylic acids is 2. The minimum Gasteiger partial charge on any atom is -0.507 e. The van der Waals surface area contributed by atoms with Gasteiger partial charge in [0.25, 0.3) is 5.91 Å². The third kappa shape index (κ3) is 3.08. The molecule has 108 valence electrons. The van der Waals surface area contributed by atoms with Crippen molar-refractivity contribution in [2.75, 3.05) is 5.32 Å². The molecule has 0 aliphatic rings. The summed E-state index contributed by atoms with van der Waals surface area (Å²) in [6.07, 6.45) is 1.41. The number of aromatic amines is 1. The average molecular weight is 288 g/mol. The van der Waals surface area contributed by atoms with E-state index in [9.17, 15) is 19.5 Å². The van der Waals surface area contributed by atoms with E-state index in [1.807, 2.05) is 0 Å². The molecule has 2 aromatic rings. The summed E-state index contributed by atoms with van der Waals surface area (Å²) in [6, 6.07) is 5.09. The lowest BCUT2D eigenvalue weighted by Crippen LogP contribution is -2.12. The summed E-state index contributed by atoms with van der Waals surface area (Å²) in [5, 5.41) is 20.8. The molecule has 0 unspecified atom stereocenters. The Morgan fingerprint density at radius 2 is 1.90 bits per heavy atom. The Balaban J connectivity index is 2.21. The van der Waals surface area contributed by atoms with Crippen molar-refractivity contribution in [3.8, 4) is 5.75 Å². The number of rotatable bonds is 4. The maximum Gasteiger partial charge on any atom is 0.339 e. The van der Waals surface area contributed by atoms with Gasteiger partial charge in [-0.1, -0.05) is 0 Å². The van der Waals surface area contributed by atoms with Crippen molar-refractivity contribution in [2.24, 2.45) is 0 Å². The van der Waals surface area contributed by atoms with Crippen LogP contribution < -0.4 is 5.32 Å². The molecule has 0 atom stereocenters. The molecule has 0 saturated heterocycles. The first-order valence-corrected chi connectivity index (χ1v) is 5.95. The monoisotopic (exact) mass is 288 g/mol. The van der Waals surface area contributed by atoms with Gasteiger partial charge in [-0.3, -0.25) is 9.59 Å². The van der Waals surface area contributed by atoms with E-state index in [1.165, 1.54) is 31.3 Å². The first-order chi connectivity index (χ1) is 9.88. The zero-order chi connectivity index (χ0) is 15.6. The maximum absolute atomic E-state index is 12.0. The Morgan fingerprint density at radius 1 is 1.19 bits per heavy atom. The van der Waals surface area contributed by atoms with Gasteiger partial charge in [0.15, 0.2) is 5.78 Å². The lowest BCUT2D eigenvalue weighted by molar-refractivity contribution is 0.0693. The van der Waals surface area contributed by atoms with Crippen LogP contribution in [0.1, 0.15) is 38.1 Å². The van der Waals surface area contributed by atoms with E-state index in [2.05, 4.69) is 10.3 Å². The number of nitrogens with one attached hydrogen (secondary N) is 2. The van der Waals surface area contributed by atoms with Gasteiger partial charge in [-0.2, -0.15) is 0 Å². The van der Waals surface area contributed by atoms with Gasteiger partial charge in [-0.05, 0) is 31.2 Å². The summed E-state index contributed by atoms with van der Waals surface area (Å²) in [5.41, 5.74) is 0.445. The molecule has 0 aliphatic heterocycles. The Labute approximate surface area is 119 Å². The quantitative estimate of drug-likeness (QED) is 0.505. The number of aromatic nitrogens is 1. The van der Waals surface area contributed by atoms with Crippen molar-refractivity contribution in [1.82, 2.24) is 4.98 Å². The number of hydrogen-bond acceptors (Lipinski definition) is 4. The van der Waals surface area contributed by atoms with E-state index in [4.69, 9.17) is 5.11 Å². The fourth-order valence-electron chi connectivity index (χ4n) is 1.71. The number of aromatic hydroxyl groups is 1. The predicted octanol–water partition coefficient (Wildman–Crippen LogP) is 1.87. The number of benzene rings is 1. The number of H-pyrrole nitrogens is 1. The van der Waals surface area contributed by atoms with Crippen molar-refractivity contribution < 1.29 is 24.6 Å². The van der Waals surface area contributed by atoms with Crippen molar-refractivity contribution in [1.29, 1.82) is 0 Å². The molecule has 0 radical (unpaired) electrons. The summed E-state index contributed by atoms with van der Waals surface area (Å²) in [6.45, 7) is 1.38. The van der Waals surface area contributed by atoms with Gasteiger partial charge in [0, 0.05) is 17.4 Å². The Bertz CT molecular complexity index is 733. The molecule has 1 heterocycles. The smallest absolute Gasteiger partial charge is 0.339 e. The summed E-state index contributed by atoms with van der Waals surface area (Å²) < 4.78 is 0. The van der Waals surface area contributed by atoms with Crippen LogP contribution in [0.25, 0.3) is 0 Å². The maximum atomic E-state index is 12.0. The van der Waals surface area contributed by atoms with Crippen molar-refractivity contribution in [3.63, 3.8) is 0 Å². The molecule has 7 nitrogen and oxygen atoms in total. The van der Waals surface area contributed by atoms with E-state index in [-0.39, 0.29) is 28.5 Å². The topological polar surface area (TPSA) is 119 Å². The van der Waals surface area contributed by atoms with E-state index in [0.717, 1.165) is 6.07 Å². The molecule has 0 bridgehead atoms. The molecular weight excluding hydrogens is 276 g/mol. The Morgan fingerprint density at radius 3 is 2.48 bits per heavy atom. The van der Waals surface area contributed by atoms with Crippen molar-refractivity contribution in [3.05, 3.63) is 47.3 Å². The highest BCUT2D eigenvalue weighted by Gasteiger charge is 2.14. The van der Waals surface area contributed by atoms with Crippen LogP contribution in [-0.4, -0.2) is 32.9 Å². The number of aromatic carboxylic acids is 1. The normalized spacial score (nSPS) is 10.1. The number of carboxylic acid groups (broad SMARTS) is 1. The number of carboxylic acids is 1. The van der Waals surface area contributed by atoms with Gasteiger partial charge in [-0.25, -0.2) is 4.79 Å². The van der Waals surface area contributed by atoms with Crippen LogP contribution >= 0.6 is 0 Å². The second-order valence-electron chi connectivity index (χ2n) is 4.35. The largest absolute Gasteiger partial charge is 0.507 e. The highest BCUT2D eigenvalue weighted by atomic mass is 16.4. The van der Waals surface area contributed by atoms with Gasteiger partial charge in [0.2, 0.25) is 0 Å². The van der Waals surface area contributed by atoms with E-state index < -0.39 is 11.9 Å². The van der Waals surface area contributed by atoms with Gasteiger partial charge in [-0.15, -0.1) is 0 Å². The summed E-state index contributed by atoms with van der Waals surface area (Å²) >= 11 is 0. The Hall–Kier alpha value is -3.09. The van der Waals surface area contributed by atoms with E-state index in [1.54, 1.807) is 0 Å². The lowest BCUT2D eigenvalue weighted by atomic mass is 10.1. The SMILES string of the molecule is CC(=O)c1c[nH]c(C(=O)Nc2ccc(O)c(C(=O)O)c2)c1. The molecule has 0 aliphatic carbocycles. The highest BCUT2D eigenvalue weighted by Crippen LogP contribution is 2.21. The second-order valence-corrected chi connectivity index (χ2v) is 4.35.